The monoisotopic (exact) mass is 700 g/mol. The van der Waals surface area contributed by atoms with Crippen LogP contribution >= 0.6 is 35.4 Å². The van der Waals surface area contributed by atoms with Gasteiger partial charge in [0.25, 0.3) is 0 Å². The van der Waals surface area contributed by atoms with E-state index in [2.05, 4.69) is 16.4 Å². The van der Waals surface area contributed by atoms with Gasteiger partial charge in [-0.3, -0.25) is 4.79 Å². The third kappa shape index (κ3) is 9.55. The van der Waals surface area contributed by atoms with Crippen LogP contribution in [0.25, 0.3) is 0 Å². The molecule has 1 heterocycles. The molecule has 246 valence electrons. The summed E-state index contributed by atoms with van der Waals surface area (Å²) in [6.07, 6.45) is -1.83. The second kappa shape index (κ2) is 15.8. The van der Waals surface area contributed by atoms with Crippen LogP contribution in [0.15, 0.2) is 79.3 Å². The molecule has 0 saturated heterocycles. The molecule has 0 fully saturated rings. The summed E-state index contributed by atoms with van der Waals surface area (Å²) in [7, 11) is 0. The van der Waals surface area contributed by atoms with Crippen LogP contribution in [0.5, 0.6) is 0 Å². The van der Waals surface area contributed by atoms with Crippen LogP contribution in [-0.4, -0.2) is 31.5 Å². The van der Waals surface area contributed by atoms with Gasteiger partial charge in [-0.1, -0.05) is 67.4 Å². The maximum absolute atomic E-state index is 14.1. The van der Waals surface area contributed by atoms with E-state index in [1.165, 1.54) is 12.1 Å². The van der Waals surface area contributed by atoms with Crippen molar-refractivity contribution in [3.8, 4) is 6.07 Å². The number of carbonyl (C=O) groups excluding carboxylic acids is 1. The smallest absolute Gasteiger partial charge is 0.333 e. The number of thiocarbonyl (C=S) groups is 1. The van der Waals surface area contributed by atoms with Crippen molar-refractivity contribution in [2.75, 3.05) is 5.32 Å². The fourth-order valence-corrected chi connectivity index (χ4v) is 5.83. The molecule has 0 bridgehead atoms. The van der Waals surface area contributed by atoms with Gasteiger partial charge in [0, 0.05) is 37.1 Å². The average Bonchev–Trinajstić information content (AvgIpc) is 3.46. The van der Waals surface area contributed by atoms with Crippen LogP contribution in [0, 0.1) is 23.2 Å². The van der Waals surface area contributed by atoms with Crippen molar-refractivity contribution in [2.24, 2.45) is 17.6 Å². The van der Waals surface area contributed by atoms with Crippen molar-refractivity contribution in [1.82, 2.24) is 14.5 Å². The molecule has 0 spiro atoms. The Bertz CT molecular complexity index is 1750. The van der Waals surface area contributed by atoms with Gasteiger partial charge in [-0.25, -0.2) is 4.98 Å². The Morgan fingerprint density at radius 2 is 1.83 bits per heavy atom. The van der Waals surface area contributed by atoms with Gasteiger partial charge in [-0.15, -0.1) is 0 Å². The van der Waals surface area contributed by atoms with Gasteiger partial charge in [-0.05, 0) is 72.1 Å². The minimum absolute atomic E-state index is 0.0141. The standard InChI is InChI=1S/C34H33Cl2F3N6OS/c1-21(2)13-28(30(46)15-27-17-42-20-44(27)18-23-11-9-22(16-40)10-12-23)32(41)45(19-24-5-3-8-29(35)31(24)36)33(47)43-26-7-4-6-25(14-26)34(37,38)39/h3-12,14,17,20-21,28,32H,13,15,18-19,41H2,1-2H3,(H,43,47)/t28-,32?/m1/s1. The highest BCUT2D eigenvalue weighted by Gasteiger charge is 2.34. The van der Waals surface area contributed by atoms with Gasteiger partial charge in [0.2, 0.25) is 0 Å². The minimum Gasteiger partial charge on any atom is -0.333 e. The molecular formula is C34H33Cl2F3N6OS. The number of ketones is 1. The molecule has 13 heteroatoms. The Hall–Kier alpha value is -3.95. The molecule has 4 aromatic rings. The highest BCUT2D eigenvalue weighted by atomic mass is 35.5. The van der Waals surface area contributed by atoms with Gasteiger partial charge in [0.15, 0.2) is 5.11 Å². The molecule has 3 N–H and O–H groups in total. The number of hydrogen-bond donors (Lipinski definition) is 2. The highest BCUT2D eigenvalue weighted by molar-refractivity contribution is 7.80. The zero-order chi connectivity index (χ0) is 34.3. The summed E-state index contributed by atoms with van der Waals surface area (Å²) in [5, 5.41) is 12.6. The summed E-state index contributed by atoms with van der Waals surface area (Å²) in [5.74, 6) is -0.815. The molecular weight excluding hydrogens is 668 g/mol. The fraction of sp³-hybridized carbons (Fsp3) is 0.294. The lowest BCUT2D eigenvalue weighted by molar-refractivity contribution is -0.137. The van der Waals surface area contributed by atoms with Crippen LogP contribution in [0.1, 0.15) is 48.2 Å². The number of rotatable bonds is 12. The predicted octanol–water partition coefficient (Wildman–Crippen LogP) is 8.09. The number of aromatic nitrogens is 2. The zero-order valence-corrected chi connectivity index (χ0v) is 28.0. The Labute approximate surface area is 287 Å². The second-order valence-corrected chi connectivity index (χ2v) is 12.7. The second-order valence-electron chi connectivity index (χ2n) is 11.5. The lowest BCUT2D eigenvalue weighted by Crippen LogP contribution is -2.53. The van der Waals surface area contributed by atoms with Crippen LogP contribution in [0.4, 0.5) is 18.9 Å². The van der Waals surface area contributed by atoms with E-state index in [0.29, 0.717) is 34.8 Å². The van der Waals surface area contributed by atoms with E-state index in [-0.39, 0.29) is 40.5 Å². The maximum Gasteiger partial charge on any atom is 0.416 e. The Balaban J connectivity index is 1.63. The minimum atomic E-state index is -4.55. The first-order valence-electron chi connectivity index (χ1n) is 14.7. The molecule has 0 radical (unpaired) electrons. The van der Waals surface area contributed by atoms with E-state index in [9.17, 15) is 18.0 Å². The van der Waals surface area contributed by atoms with Gasteiger partial charge in [0.05, 0.1) is 45.7 Å². The molecule has 3 aromatic carbocycles. The number of carbonyl (C=O) groups is 1. The largest absolute Gasteiger partial charge is 0.416 e. The molecule has 2 atom stereocenters. The van der Waals surface area contributed by atoms with Crippen molar-refractivity contribution in [2.45, 2.75) is 52.1 Å². The third-order valence-corrected chi connectivity index (χ3v) is 8.77. The topological polar surface area (TPSA) is 100.0 Å². The lowest BCUT2D eigenvalue weighted by atomic mass is 9.88. The summed E-state index contributed by atoms with van der Waals surface area (Å²) >= 11 is 18.5. The summed E-state index contributed by atoms with van der Waals surface area (Å²) in [5.41, 5.74) is 8.88. The molecule has 47 heavy (non-hydrogen) atoms. The van der Waals surface area contributed by atoms with Gasteiger partial charge in [0.1, 0.15) is 5.78 Å². The number of benzene rings is 3. The first-order chi connectivity index (χ1) is 22.3. The number of alkyl halides is 3. The Kier molecular flexibility index (Phi) is 12.0. The van der Waals surface area contributed by atoms with Gasteiger partial charge < -0.3 is 20.5 Å². The van der Waals surface area contributed by atoms with E-state index in [0.717, 1.165) is 17.7 Å². The predicted molar refractivity (Wildman–Crippen MR) is 182 cm³/mol. The number of nitrogens with two attached hydrogens (primary N) is 1. The van der Waals surface area contributed by atoms with Crippen molar-refractivity contribution in [3.05, 3.63) is 117 Å². The first kappa shape index (κ1) is 35.9. The molecule has 1 aromatic heterocycles. The van der Waals surface area contributed by atoms with Crippen molar-refractivity contribution in [1.29, 1.82) is 5.26 Å². The molecule has 0 saturated carbocycles. The first-order valence-corrected chi connectivity index (χ1v) is 15.9. The molecule has 0 amide bonds. The van der Waals surface area contributed by atoms with E-state index in [1.807, 2.05) is 30.5 Å². The number of hydrogen-bond acceptors (Lipinski definition) is 5. The Morgan fingerprint density at radius 3 is 2.49 bits per heavy atom. The normalized spacial score (nSPS) is 12.8. The van der Waals surface area contributed by atoms with Crippen molar-refractivity contribution >= 4 is 52.0 Å². The number of nitrogens with one attached hydrogen (secondary N) is 1. The van der Waals surface area contributed by atoms with E-state index in [4.69, 9.17) is 46.4 Å². The van der Waals surface area contributed by atoms with E-state index in [1.54, 1.807) is 47.8 Å². The molecule has 0 aliphatic carbocycles. The molecule has 4 rings (SSSR count). The molecule has 0 aliphatic heterocycles. The number of nitrogens with zero attached hydrogens (tertiary/aromatic N) is 4. The summed E-state index contributed by atoms with van der Waals surface area (Å²) in [6, 6.07) is 19.0. The molecule has 1 unspecified atom stereocenters. The lowest BCUT2D eigenvalue weighted by Gasteiger charge is -2.37. The van der Waals surface area contributed by atoms with Gasteiger partial charge >= 0.3 is 6.18 Å². The highest BCUT2D eigenvalue weighted by Crippen LogP contribution is 2.32. The SMILES string of the molecule is CC(C)C[C@H](C(=O)Cc1cncn1Cc1ccc(C#N)cc1)C(N)N(Cc1cccc(Cl)c1Cl)C(=S)Nc1cccc(C(F)(F)F)c1. The molecule has 0 aliphatic rings. The number of halogens is 5. The summed E-state index contributed by atoms with van der Waals surface area (Å²) in [6.45, 7) is 4.42. The van der Waals surface area contributed by atoms with Crippen LogP contribution in [0.3, 0.4) is 0 Å². The Morgan fingerprint density at radius 1 is 1.13 bits per heavy atom. The zero-order valence-electron chi connectivity index (χ0n) is 25.6. The maximum atomic E-state index is 14.1. The van der Waals surface area contributed by atoms with Crippen molar-refractivity contribution < 1.29 is 18.0 Å². The third-order valence-electron chi connectivity index (χ3n) is 7.58. The van der Waals surface area contributed by atoms with Gasteiger partial charge in [-0.2, -0.15) is 18.4 Å². The summed E-state index contributed by atoms with van der Waals surface area (Å²) < 4.78 is 42.2. The number of nitriles is 1. The fourth-order valence-electron chi connectivity index (χ4n) is 5.15. The van der Waals surface area contributed by atoms with Crippen molar-refractivity contribution in [3.63, 3.8) is 0 Å². The van der Waals surface area contributed by atoms with E-state index < -0.39 is 23.8 Å². The van der Waals surface area contributed by atoms with Crippen LogP contribution < -0.4 is 11.1 Å². The number of imidazole rings is 1. The average molecular weight is 702 g/mol. The quantitative estimate of drug-likeness (QED) is 0.114. The van der Waals surface area contributed by atoms with Crippen LogP contribution in [0.2, 0.25) is 10.0 Å². The number of Topliss-reactive ketones (excluding diaryl/α,β-unsaturated/α-hetero) is 1. The van der Waals surface area contributed by atoms with Crippen LogP contribution in [-0.2, 0) is 30.5 Å². The summed E-state index contributed by atoms with van der Waals surface area (Å²) in [4.78, 5) is 19.9. The van der Waals surface area contributed by atoms with E-state index >= 15 is 0 Å². The number of anilines is 1. The molecule has 7 nitrogen and oxygen atoms in total.